The second-order valence-electron chi connectivity index (χ2n) is 5.16. The van der Waals surface area contributed by atoms with Crippen LogP contribution in [0.1, 0.15) is 24.8 Å². The highest BCUT2D eigenvalue weighted by molar-refractivity contribution is 6.31. The number of rotatable bonds is 6. The van der Waals surface area contributed by atoms with Crippen molar-refractivity contribution in [2.75, 3.05) is 13.1 Å². The third-order valence-electron chi connectivity index (χ3n) is 3.57. The van der Waals surface area contributed by atoms with Gasteiger partial charge in [-0.2, -0.15) is 0 Å². The van der Waals surface area contributed by atoms with Crippen LogP contribution in [0.5, 0.6) is 0 Å². The van der Waals surface area contributed by atoms with E-state index in [-0.39, 0.29) is 24.2 Å². The minimum absolute atomic E-state index is 0.0749. The summed E-state index contributed by atoms with van der Waals surface area (Å²) >= 11 is 6.05. The van der Waals surface area contributed by atoms with Gasteiger partial charge in [0, 0.05) is 23.5 Å². The van der Waals surface area contributed by atoms with Gasteiger partial charge in [0.2, 0.25) is 0 Å². The van der Waals surface area contributed by atoms with E-state index in [1.165, 1.54) is 12.1 Å². The standard InChI is InChI=1S/C14H16ClFN2O3/c15-11-7-9(16)1-2-10(11)14(4-5-14)8-18-13(21)17-6-3-12(19)20/h1-2,7H,3-6,8H2,(H,19,20)(H2,17,18,21). The van der Waals surface area contributed by atoms with Crippen molar-refractivity contribution in [1.82, 2.24) is 10.6 Å². The van der Waals surface area contributed by atoms with Gasteiger partial charge in [-0.1, -0.05) is 17.7 Å². The lowest BCUT2D eigenvalue weighted by Crippen LogP contribution is -2.40. The third-order valence-corrected chi connectivity index (χ3v) is 3.88. The predicted octanol–water partition coefficient (Wildman–Crippen LogP) is 2.28. The molecular formula is C14H16ClFN2O3. The molecule has 1 aliphatic carbocycles. The molecule has 0 unspecified atom stereocenters. The third kappa shape index (κ3) is 4.07. The average molecular weight is 315 g/mol. The number of amides is 2. The van der Waals surface area contributed by atoms with E-state index >= 15 is 0 Å². The van der Waals surface area contributed by atoms with Gasteiger partial charge in [-0.05, 0) is 30.5 Å². The Morgan fingerprint density at radius 2 is 2.05 bits per heavy atom. The number of carboxylic acid groups (broad SMARTS) is 1. The van der Waals surface area contributed by atoms with Crippen molar-refractivity contribution in [3.63, 3.8) is 0 Å². The fourth-order valence-electron chi connectivity index (χ4n) is 2.21. The molecule has 0 aromatic heterocycles. The van der Waals surface area contributed by atoms with E-state index in [1.807, 2.05) is 0 Å². The van der Waals surface area contributed by atoms with Gasteiger partial charge in [-0.3, -0.25) is 4.79 Å². The van der Waals surface area contributed by atoms with E-state index in [1.54, 1.807) is 6.07 Å². The summed E-state index contributed by atoms with van der Waals surface area (Å²) in [7, 11) is 0. The Balaban J connectivity index is 1.87. The van der Waals surface area contributed by atoms with Gasteiger partial charge >= 0.3 is 12.0 Å². The summed E-state index contributed by atoms with van der Waals surface area (Å²) in [6, 6.07) is 3.85. The van der Waals surface area contributed by atoms with Crippen LogP contribution in [-0.2, 0) is 10.2 Å². The van der Waals surface area contributed by atoms with Crippen molar-refractivity contribution in [3.8, 4) is 0 Å². The van der Waals surface area contributed by atoms with Crippen LogP contribution in [0.4, 0.5) is 9.18 Å². The zero-order chi connectivity index (χ0) is 15.5. The van der Waals surface area contributed by atoms with Crippen molar-refractivity contribution in [2.24, 2.45) is 0 Å². The molecule has 21 heavy (non-hydrogen) atoms. The van der Waals surface area contributed by atoms with Gasteiger partial charge < -0.3 is 15.7 Å². The summed E-state index contributed by atoms with van der Waals surface area (Å²) < 4.78 is 13.1. The lowest BCUT2D eigenvalue weighted by atomic mass is 9.96. The highest BCUT2D eigenvalue weighted by Crippen LogP contribution is 2.50. The smallest absolute Gasteiger partial charge is 0.314 e. The summed E-state index contributed by atoms with van der Waals surface area (Å²) in [6.07, 6.45) is 1.61. The van der Waals surface area contributed by atoms with Crippen molar-refractivity contribution in [1.29, 1.82) is 0 Å². The molecule has 0 saturated heterocycles. The molecule has 2 amide bonds. The van der Waals surface area contributed by atoms with Crippen molar-refractivity contribution in [3.05, 3.63) is 34.6 Å². The van der Waals surface area contributed by atoms with Crippen LogP contribution in [0.15, 0.2) is 18.2 Å². The van der Waals surface area contributed by atoms with Gasteiger partial charge in [0.05, 0.1) is 6.42 Å². The zero-order valence-corrected chi connectivity index (χ0v) is 12.0. The van der Waals surface area contributed by atoms with Gasteiger partial charge in [0.25, 0.3) is 0 Å². The molecule has 0 radical (unpaired) electrons. The molecule has 1 saturated carbocycles. The number of hydrogen-bond donors (Lipinski definition) is 3. The van der Waals surface area contributed by atoms with E-state index in [0.29, 0.717) is 11.6 Å². The second-order valence-corrected chi connectivity index (χ2v) is 5.56. The number of aliphatic carboxylic acids is 1. The molecule has 1 fully saturated rings. The molecule has 1 aliphatic rings. The lowest BCUT2D eigenvalue weighted by Gasteiger charge is -2.18. The van der Waals surface area contributed by atoms with Gasteiger partial charge in [0.15, 0.2) is 0 Å². The molecule has 5 nitrogen and oxygen atoms in total. The Bertz CT molecular complexity index is 561. The Kier molecular flexibility index (Phi) is 4.67. The van der Waals surface area contributed by atoms with E-state index in [4.69, 9.17) is 16.7 Å². The Labute approximate surface area is 126 Å². The van der Waals surface area contributed by atoms with Gasteiger partial charge in [0.1, 0.15) is 5.82 Å². The highest BCUT2D eigenvalue weighted by Gasteiger charge is 2.45. The van der Waals surface area contributed by atoms with Crippen LogP contribution in [0, 0.1) is 5.82 Å². The Hall–Kier alpha value is -1.82. The van der Waals surface area contributed by atoms with Crippen LogP contribution in [0.2, 0.25) is 5.02 Å². The van der Waals surface area contributed by atoms with Gasteiger partial charge in [-0.25, -0.2) is 9.18 Å². The van der Waals surface area contributed by atoms with E-state index < -0.39 is 12.0 Å². The summed E-state index contributed by atoms with van der Waals surface area (Å²) in [4.78, 5) is 21.9. The second kappa shape index (κ2) is 6.30. The fourth-order valence-corrected chi connectivity index (χ4v) is 2.57. The molecular weight excluding hydrogens is 299 g/mol. The number of nitrogens with one attached hydrogen (secondary N) is 2. The minimum Gasteiger partial charge on any atom is -0.481 e. The average Bonchev–Trinajstić information content (AvgIpc) is 3.17. The predicted molar refractivity (Wildman–Crippen MR) is 76.0 cm³/mol. The molecule has 0 bridgehead atoms. The van der Waals surface area contributed by atoms with Crippen molar-refractivity contribution >= 4 is 23.6 Å². The summed E-state index contributed by atoms with van der Waals surface area (Å²) in [5.41, 5.74) is 0.589. The first-order valence-electron chi connectivity index (χ1n) is 6.62. The number of carboxylic acids is 1. The maximum Gasteiger partial charge on any atom is 0.314 e. The first-order chi connectivity index (χ1) is 9.93. The van der Waals surface area contributed by atoms with Crippen LogP contribution in [0.25, 0.3) is 0 Å². The number of urea groups is 1. The van der Waals surface area contributed by atoms with E-state index in [9.17, 15) is 14.0 Å². The van der Waals surface area contributed by atoms with Crippen molar-refractivity contribution in [2.45, 2.75) is 24.7 Å². The molecule has 0 spiro atoms. The molecule has 114 valence electrons. The van der Waals surface area contributed by atoms with Crippen LogP contribution in [-0.4, -0.2) is 30.2 Å². The topological polar surface area (TPSA) is 78.4 Å². The summed E-state index contributed by atoms with van der Waals surface area (Å²) in [5, 5.41) is 14.0. The SMILES string of the molecule is O=C(O)CCNC(=O)NCC1(c2ccc(F)cc2Cl)CC1. The summed E-state index contributed by atoms with van der Waals surface area (Å²) in [5.74, 6) is -1.36. The molecule has 0 heterocycles. The molecule has 0 aliphatic heterocycles. The molecule has 1 aromatic carbocycles. The molecule has 1 aromatic rings. The maximum atomic E-state index is 13.1. The van der Waals surface area contributed by atoms with Gasteiger partial charge in [-0.15, -0.1) is 0 Å². The number of carbonyl (C=O) groups is 2. The maximum absolute atomic E-state index is 13.1. The molecule has 7 heteroatoms. The molecule has 0 atom stereocenters. The normalized spacial score (nSPS) is 15.3. The first-order valence-corrected chi connectivity index (χ1v) is 7.00. The lowest BCUT2D eigenvalue weighted by molar-refractivity contribution is -0.136. The van der Waals surface area contributed by atoms with E-state index in [2.05, 4.69) is 10.6 Å². The van der Waals surface area contributed by atoms with E-state index in [0.717, 1.165) is 18.4 Å². The molecule has 3 N–H and O–H groups in total. The van der Waals surface area contributed by atoms with Crippen LogP contribution >= 0.6 is 11.6 Å². The van der Waals surface area contributed by atoms with Crippen LogP contribution < -0.4 is 10.6 Å². The zero-order valence-electron chi connectivity index (χ0n) is 11.3. The number of benzene rings is 1. The monoisotopic (exact) mass is 314 g/mol. The van der Waals surface area contributed by atoms with Crippen LogP contribution in [0.3, 0.4) is 0 Å². The first kappa shape index (κ1) is 15.6. The fraction of sp³-hybridized carbons (Fsp3) is 0.429. The molecule has 2 rings (SSSR count). The Morgan fingerprint density at radius 3 is 2.62 bits per heavy atom. The Morgan fingerprint density at radius 1 is 1.33 bits per heavy atom. The quantitative estimate of drug-likeness (QED) is 0.754. The number of halogens is 2. The number of hydrogen-bond acceptors (Lipinski definition) is 2. The largest absolute Gasteiger partial charge is 0.481 e. The highest BCUT2D eigenvalue weighted by atomic mass is 35.5. The van der Waals surface area contributed by atoms with Crippen molar-refractivity contribution < 1.29 is 19.1 Å². The number of carbonyl (C=O) groups excluding carboxylic acids is 1. The minimum atomic E-state index is -0.966. The summed E-state index contributed by atoms with van der Waals surface area (Å²) in [6.45, 7) is 0.461.